The van der Waals surface area contributed by atoms with Crippen molar-refractivity contribution in [2.24, 2.45) is 7.05 Å². The summed E-state index contributed by atoms with van der Waals surface area (Å²) in [6.07, 6.45) is 1.22. The number of fused-ring (bicyclic) bond motifs is 1. The number of ether oxygens (including phenoxy) is 1. The van der Waals surface area contributed by atoms with Crippen LogP contribution in [-0.4, -0.2) is 29.2 Å². The lowest BCUT2D eigenvalue weighted by molar-refractivity contribution is 0.479. The van der Waals surface area contributed by atoms with Crippen LogP contribution in [-0.2, 0) is 22.8 Å². The molecule has 1 N–H and O–H groups in total. The Balaban J connectivity index is 1.83. The highest BCUT2D eigenvalue weighted by Crippen LogP contribution is 2.35. The molecule has 0 spiro atoms. The maximum atomic E-state index is 15.2. The van der Waals surface area contributed by atoms with Crippen molar-refractivity contribution in [2.45, 2.75) is 31.6 Å². The fourth-order valence-corrected chi connectivity index (χ4v) is 5.75. The maximum absolute atomic E-state index is 15.2. The number of nitrogens with one attached hydrogen (secondary N) is 1. The monoisotopic (exact) mass is 666 g/mol. The number of aromatic nitrogens is 3. The minimum Gasteiger partial charge on any atom is -0.456 e. The molecule has 0 saturated heterocycles. The zero-order chi connectivity index (χ0) is 28.2. The van der Waals surface area contributed by atoms with Crippen molar-refractivity contribution in [2.75, 3.05) is 7.05 Å². The minimum atomic E-state index is -3.57. The van der Waals surface area contributed by atoms with Crippen LogP contribution in [0.3, 0.4) is 0 Å². The third kappa shape index (κ3) is 4.94. The molecule has 204 valence electrons. The van der Waals surface area contributed by atoms with E-state index < -0.39 is 32.6 Å². The normalized spacial score (nSPS) is 13.7. The Bertz CT molecular complexity index is 1940. The fraction of sp³-hybridized carbons (Fsp3) is 0.269. The second kappa shape index (κ2) is 10.0. The summed E-state index contributed by atoms with van der Waals surface area (Å²) in [5.74, 6) is -0.898. The first-order chi connectivity index (χ1) is 18.4. The van der Waals surface area contributed by atoms with Gasteiger partial charge in [0.25, 0.3) is 11.1 Å². The lowest BCUT2D eigenvalue weighted by atomic mass is 10.2. The molecule has 1 aliphatic rings. The van der Waals surface area contributed by atoms with Gasteiger partial charge in [-0.2, -0.15) is 0 Å². The van der Waals surface area contributed by atoms with Gasteiger partial charge in [-0.25, -0.2) is 26.9 Å². The molecule has 0 bridgehead atoms. The quantitative estimate of drug-likeness (QED) is 0.303. The van der Waals surface area contributed by atoms with Gasteiger partial charge in [-0.15, -0.1) is 0 Å². The number of nitrogens with zero attached hydrogens (tertiary/aromatic N) is 3. The van der Waals surface area contributed by atoms with Crippen LogP contribution >= 0.6 is 22.6 Å². The molecular weight excluding hydrogens is 642 g/mol. The van der Waals surface area contributed by atoms with E-state index in [9.17, 15) is 22.8 Å². The minimum absolute atomic E-state index is 0.0627. The van der Waals surface area contributed by atoms with Crippen LogP contribution in [0.5, 0.6) is 11.5 Å². The van der Waals surface area contributed by atoms with Crippen molar-refractivity contribution in [1.29, 1.82) is 0 Å². The molecule has 1 aliphatic carbocycles. The summed E-state index contributed by atoms with van der Waals surface area (Å²) < 4.78 is 51.6. The Hall–Kier alpha value is -3.30. The lowest BCUT2D eigenvalue weighted by Crippen LogP contribution is -2.42. The average molecular weight is 666 g/mol. The number of hydrogen-bond acceptors (Lipinski definition) is 6. The van der Waals surface area contributed by atoms with E-state index in [-0.39, 0.29) is 45.6 Å². The number of sulfonamides is 1. The molecule has 13 heteroatoms. The zero-order valence-electron chi connectivity index (χ0n) is 21.2. The smallest absolute Gasteiger partial charge is 0.337 e. The fourth-order valence-electron chi connectivity index (χ4n) is 4.53. The van der Waals surface area contributed by atoms with Gasteiger partial charge < -0.3 is 4.74 Å². The summed E-state index contributed by atoms with van der Waals surface area (Å²) in [6.45, 7) is 1.49. The van der Waals surface area contributed by atoms with E-state index >= 15 is 4.39 Å². The molecular formula is C26H24FIN4O6S. The molecule has 0 amide bonds. The molecule has 1 saturated carbocycles. The highest BCUT2D eigenvalue weighted by atomic mass is 127. The second-order valence-corrected chi connectivity index (χ2v) is 12.5. The van der Waals surface area contributed by atoms with E-state index in [4.69, 9.17) is 4.74 Å². The standard InChI is InChI=1S/C26H24FIN4O6S/c1-14-22(38-18-6-4-5-15(11-18)13-39(36,37)29-2)21-23(30(3)24(14)33)32(20-10-7-16(28)12-19(20)27)26(35)31(25(21)34)17-8-9-17/h4-7,10-12,17,29H,8-9,13H2,1-3H3. The predicted molar refractivity (Wildman–Crippen MR) is 153 cm³/mol. The summed E-state index contributed by atoms with van der Waals surface area (Å²) >= 11 is 1.95. The Labute approximate surface area is 235 Å². The summed E-state index contributed by atoms with van der Waals surface area (Å²) in [4.78, 5) is 40.9. The number of aryl methyl sites for hydroxylation is 1. The summed E-state index contributed by atoms with van der Waals surface area (Å²) in [6, 6.07) is 10.2. The maximum Gasteiger partial charge on any atom is 0.337 e. The van der Waals surface area contributed by atoms with Gasteiger partial charge in [-0.05, 0) is 85.3 Å². The van der Waals surface area contributed by atoms with Gasteiger partial charge in [0.05, 0.1) is 17.0 Å². The lowest BCUT2D eigenvalue weighted by Gasteiger charge is -2.20. The number of pyridine rings is 1. The van der Waals surface area contributed by atoms with E-state index in [0.717, 1.165) is 13.7 Å². The van der Waals surface area contributed by atoms with Crippen molar-refractivity contribution < 1.29 is 17.5 Å². The van der Waals surface area contributed by atoms with Crippen LogP contribution in [0.4, 0.5) is 4.39 Å². The van der Waals surface area contributed by atoms with Gasteiger partial charge in [0.2, 0.25) is 10.0 Å². The number of rotatable bonds is 7. The van der Waals surface area contributed by atoms with Gasteiger partial charge in [0.1, 0.15) is 22.6 Å². The van der Waals surface area contributed by atoms with E-state index in [1.807, 2.05) is 22.6 Å². The number of benzene rings is 2. The largest absolute Gasteiger partial charge is 0.456 e. The summed E-state index contributed by atoms with van der Waals surface area (Å²) in [5.41, 5.74) is -1.65. The summed E-state index contributed by atoms with van der Waals surface area (Å²) in [5, 5.41) is -0.0627. The van der Waals surface area contributed by atoms with Crippen LogP contribution in [0.2, 0.25) is 0 Å². The molecule has 2 aromatic heterocycles. The SMILES string of the molecule is CNS(=O)(=O)Cc1cccc(Oc2c(C)c(=O)n(C)c3c2c(=O)n(C2CC2)c(=O)n3-c2ccc(I)cc2F)c1. The van der Waals surface area contributed by atoms with Crippen LogP contribution in [0, 0.1) is 16.3 Å². The van der Waals surface area contributed by atoms with E-state index in [0.29, 0.717) is 22.0 Å². The molecule has 10 nitrogen and oxygen atoms in total. The van der Waals surface area contributed by atoms with Crippen molar-refractivity contribution in [3.63, 3.8) is 0 Å². The molecule has 0 unspecified atom stereocenters. The van der Waals surface area contributed by atoms with Gasteiger partial charge in [0, 0.05) is 16.7 Å². The first-order valence-corrected chi connectivity index (χ1v) is 14.7. The predicted octanol–water partition coefficient (Wildman–Crippen LogP) is 3.08. The highest BCUT2D eigenvalue weighted by Gasteiger charge is 2.32. The van der Waals surface area contributed by atoms with Gasteiger partial charge in [0.15, 0.2) is 5.75 Å². The molecule has 5 rings (SSSR count). The Kier molecular flexibility index (Phi) is 7.01. The number of hydrogen-bond donors (Lipinski definition) is 1. The Morgan fingerprint density at radius 2 is 1.82 bits per heavy atom. The average Bonchev–Trinajstić information content (AvgIpc) is 3.71. The van der Waals surface area contributed by atoms with E-state index in [1.54, 1.807) is 24.3 Å². The molecule has 0 aliphatic heterocycles. The van der Waals surface area contributed by atoms with Crippen LogP contribution in [0.25, 0.3) is 16.7 Å². The first kappa shape index (κ1) is 27.3. The molecule has 2 aromatic carbocycles. The topological polar surface area (TPSA) is 121 Å². The third-order valence-corrected chi connectivity index (χ3v) is 8.63. The van der Waals surface area contributed by atoms with Crippen LogP contribution in [0.15, 0.2) is 56.8 Å². The van der Waals surface area contributed by atoms with Crippen LogP contribution in [0.1, 0.15) is 30.0 Å². The first-order valence-electron chi connectivity index (χ1n) is 12.0. The highest BCUT2D eigenvalue weighted by molar-refractivity contribution is 14.1. The van der Waals surface area contributed by atoms with Crippen molar-refractivity contribution in [1.82, 2.24) is 18.4 Å². The van der Waals surface area contributed by atoms with Crippen molar-refractivity contribution in [3.8, 4) is 17.2 Å². The zero-order valence-corrected chi connectivity index (χ0v) is 24.2. The Morgan fingerprint density at radius 1 is 1.10 bits per heavy atom. The van der Waals surface area contributed by atoms with Gasteiger partial charge in [-0.1, -0.05) is 12.1 Å². The second-order valence-electron chi connectivity index (χ2n) is 9.35. The molecule has 39 heavy (non-hydrogen) atoms. The van der Waals surface area contributed by atoms with E-state index in [2.05, 4.69) is 4.72 Å². The summed E-state index contributed by atoms with van der Waals surface area (Å²) in [7, 11) is -0.847. The van der Waals surface area contributed by atoms with Crippen LogP contribution < -0.4 is 26.3 Å². The number of halogens is 2. The van der Waals surface area contributed by atoms with Gasteiger partial charge >= 0.3 is 5.69 Å². The van der Waals surface area contributed by atoms with Gasteiger partial charge in [-0.3, -0.25) is 18.7 Å². The third-order valence-electron chi connectivity index (χ3n) is 6.62. The van der Waals surface area contributed by atoms with Crippen molar-refractivity contribution >= 4 is 43.6 Å². The van der Waals surface area contributed by atoms with E-state index in [1.165, 1.54) is 39.2 Å². The molecule has 0 atom stereocenters. The molecule has 4 aromatic rings. The molecule has 0 radical (unpaired) electrons. The molecule has 2 heterocycles. The Morgan fingerprint density at radius 3 is 2.46 bits per heavy atom. The van der Waals surface area contributed by atoms with Crippen molar-refractivity contribution in [3.05, 3.63) is 94.2 Å². The molecule has 1 fully saturated rings.